The maximum Gasteiger partial charge on any atom is 0.198 e. The molecule has 4 nitrogen and oxygen atoms in total. The minimum absolute atomic E-state index is 0.0127. The van der Waals surface area contributed by atoms with E-state index in [9.17, 15) is 4.79 Å². The Kier molecular flexibility index (Phi) is 3.06. The van der Waals surface area contributed by atoms with Crippen LogP contribution in [0.15, 0.2) is 34.6 Å². The SMILES string of the molecule is CCn1cc(-c2csc(N)n2)c(=O)c2cc(C)ccc21. The number of hydrogen-bond donors (Lipinski definition) is 1. The Balaban J connectivity index is 2.39. The lowest BCUT2D eigenvalue weighted by atomic mass is 10.1. The summed E-state index contributed by atoms with van der Waals surface area (Å²) in [4.78, 5) is 16.9. The highest BCUT2D eigenvalue weighted by molar-refractivity contribution is 7.13. The molecule has 102 valence electrons. The van der Waals surface area contributed by atoms with Gasteiger partial charge in [0.2, 0.25) is 0 Å². The molecule has 0 bridgehead atoms. The maximum absolute atomic E-state index is 12.7. The predicted octanol–water partition coefficient (Wildman–Crippen LogP) is 3.04. The summed E-state index contributed by atoms with van der Waals surface area (Å²) in [6, 6.07) is 5.95. The average Bonchev–Trinajstić information content (AvgIpc) is 2.86. The Morgan fingerprint density at radius 3 is 2.85 bits per heavy atom. The van der Waals surface area contributed by atoms with Crippen molar-refractivity contribution >= 4 is 27.4 Å². The summed E-state index contributed by atoms with van der Waals surface area (Å²) < 4.78 is 2.07. The average molecular weight is 285 g/mol. The molecule has 0 aliphatic heterocycles. The molecule has 20 heavy (non-hydrogen) atoms. The molecule has 2 heterocycles. The van der Waals surface area contributed by atoms with E-state index < -0.39 is 0 Å². The van der Waals surface area contributed by atoms with E-state index in [-0.39, 0.29) is 5.43 Å². The number of benzene rings is 1. The van der Waals surface area contributed by atoms with Crippen LogP contribution in [0, 0.1) is 6.92 Å². The summed E-state index contributed by atoms with van der Waals surface area (Å²) in [7, 11) is 0. The fourth-order valence-corrected chi connectivity index (χ4v) is 2.93. The molecule has 0 aliphatic rings. The second-order valence-electron chi connectivity index (χ2n) is 4.75. The normalized spacial score (nSPS) is 11.1. The van der Waals surface area contributed by atoms with Crippen LogP contribution in [0.2, 0.25) is 0 Å². The number of rotatable bonds is 2. The van der Waals surface area contributed by atoms with Crippen molar-refractivity contribution in [3.63, 3.8) is 0 Å². The Morgan fingerprint density at radius 1 is 1.40 bits per heavy atom. The largest absolute Gasteiger partial charge is 0.375 e. The highest BCUT2D eigenvalue weighted by Crippen LogP contribution is 2.23. The topological polar surface area (TPSA) is 60.9 Å². The van der Waals surface area contributed by atoms with Gasteiger partial charge in [-0.3, -0.25) is 4.79 Å². The van der Waals surface area contributed by atoms with Gasteiger partial charge in [0.15, 0.2) is 10.6 Å². The van der Waals surface area contributed by atoms with Gasteiger partial charge in [0.25, 0.3) is 0 Å². The zero-order valence-corrected chi connectivity index (χ0v) is 12.2. The zero-order chi connectivity index (χ0) is 14.3. The van der Waals surface area contributed by atoms with Gasteiger partial charge in [0.1, 0.15) is 0 Å². The predicted molar refractivity (Wildman–Crippen MR) is 84.1 cm³/mol. The smallest absolute Gasteiger partial charge is 0.198 e. The van der Waals surface area contributed by atoms with Gasteiger partial charge in [-0.1, -0.05) is 11.6 Å². The van der Waals surface area contributed by atoms with E-state index >= 15 is 0 Å². The highest BCUT2D eigenvalue weighted by Gasteiger charge is 2.12. The Bertz CT molecular complexity index is 848. The molecule has 3 aromatic rings. The molecule has 0 unspecified atom stereocenters. The minimum Gasteiger partial charge on any atom is -0.375 e. The van der Waals surface area contributed by atoms with E-state index in [2.05, 4.69) is 16.5 Å². The molecule has 0 aliphatic carbocycles. The molecule has 3 rings (SSSR count). The summed E-state index contributed by atoms with van der Waals surface area (Å²) in [5.41, 5.74) is 8.98. The van der Waals surface area contributed by atoms with Crippen LogP contribution >= 0.6 is 11.3 Å². The van der Waals surface area contributed by atoms with Crippen molar-refractivity contribution in [3.8, 4) is 11.3 Å². The first kappa shape index (κ1) is 12.9. The molecule has 0 atom stereocenters. The van der Waals surface area contributed by atoms with E-state index in [1.54, 1.807) is 0 Å². The summed E-state index contributed by atoms with van der Waals surface area (Å²) in [6.07, 6.45) is 1.87. The number of hydrogen-bond acceptors (Lipinski definition) is 4. The van der Waals surface area contributed by atoms with Crippen LogP contribution in [-0.2, 0) is 6.54 Å². The Labute approximate surface area is 120 Å². The van der Waals surface area contributed by atoms with Gasteiger partial charge in [-0.2, -0.15) is 0 Å². The number of pyridine rings is 1. The van der Waals surface area contributed by atoms with Gasteiger partial charge in [-0.25, -0.2) is 4.98 Å². The fraction of sp³-hybridized carbons (Fsp3) is 0.200. The third-order valence-electron chi connectivity index (χ3n) is 3.37. The Hall–Kier alpha value is -2.14. The summed E-state index contributed by atoms with van der Waals surface area (Å²) in [6.45, 7) is 4.85. The molecule has 1 aromatic carbocycles. The second kappa shape index (κ2) is 4.76. The zero-order valence-electron chi connectivity index (χ0n) is 11.4. The van der Waals surface area contributed by atoms with Crippen LogP contribution in [0.25, 0.3) is 22.2 Å². The van der Waals surface area contributed by atoms with Gasteiger partial charge in [0.05, 0.1) is 16.8 Å². The highest BCUT2D eigenvalue weighted by atomic mass is 32.1. The molecule has 0 saturated heterocycles. The summed E-state index contributed by atoms with van der Waals surface area (Å²) in [5.74, 6) is 0. The van der Waals surface area contributed by atoms with Crippen LogP contribution in [0.1, 0.15) is 12.5 Å². The number of aryl methyl sites for hydroxylation is 2. The molecule has 0 spiro atoms. The molecule has 0 saturated carbocycles. The monoisotopic (exact) mass is 285 g/mol. The van der Waals surface area contributed by atoms with E-state index in [0.717, 1.165) is 23.0 Å². The van der Waals surface area contributed by atoms with E-state index in [4.69, 9.17) is 5.73 Å². The minimum atomic E-state index is 0.0127. The lowest BCUT2D eigenvalue weighted by Gasteiger charge is -2.11. The first-order valence-electron chi connectivity index (χ1n) is 6.45. The van der Waals surface area contributed by atoms with Crippen LogP contribution in [-0.4, -0.2) is 9.55 Å². The van der Waals surface area contributed by atoms with Crippen molar-refractivity contribution < 1.29 is 0 Å². The molecule has 5 heteroatoms. The fourth-order valence-electron chi connectivity index (χ4n) is 2.37. The molecular weight excluding hydrogens is 270 g/mol. The van der Waals surface area contributed by atoms with Crippen molar-refractivity contribution in [1.82, 2.24) is 9.55 Å². The lowest BCUT2D eigenvalue weighted by molar-refractivity contribution is 0.789. The number of fused-ring (bicyclic) bond motifs is 1. The maximum atomic E-state index is 12.7. The van der Waals surface area contributed by atoms with Crippen LogP contribution < -0.4 is 11.2 Å². The summed E-state index contributed by atoms with van der Waals surface area (Å²) >= 11 is 1.35. The third-order valence-corrected chi connectivity index (χ3v) is 4.05. The van der Waals surface area contributed by atoms with Gasteiger partial charge in [-0.15, -0.1) is 11.3 Å². The number of nitrogens with zero attached hydrogens (tertiary/aromatic N) is 2. The molecule has 0 fully saturated rings. The molecule has 2 N–H and O–H groups in total. The number of aromatic nitrogens is 2. The first-order valence-corrected chi connectivity index (χ1v) is 7.33. The number of nitrogens with two attached hydrogens (primary N) is 1. The number of thiazole rings is 1. The standard InChI is InChI=1S/C15H15N3OS/c1-3-18-7-11(12-8-20-15(16)17-12)14(19)10-6-9(2)4-5-13(10)18/h4-8H,3H2,1-2H3,(H2,16,17). The Morgan fingerprint density at radius 2 is 2.20 bits per heavy atom. The second-order valence-corrected chi connectivity index (χ2v) is 5.64. The molecule has 0 radical (unpaired) electrons. The van der Waals surface area contributed by atoms with Crippen molar-refractivity contribution in [1.29, 1.82) is 0 Å². The molecule has 0 amide bonds. The van der Waals surface area contributed by atoms with Crippen LogP contribution in [0.4, 0.5) is 5.13 Å². The van der Waals surface area contributed by atoms with Gasteiger partial charge in [-0.05, 0) is 26.0 Å². The number of anilines is 1. The van der Waals surface area contributed by atoms with Gasteiger partial charge < -0.3 is 10.3 Å². The van der Waals surface area contributed by atoms with Crippen molar-refractivity contribution in [2.24, 2.45) is 0 Å². The van der Waals surface area contributed by atoms with E-state index in [1.165, 1.54) is 11.3 Å². The van der Waals surface area contributed by atoms with Crippen molar-refractivity contribution in [2.75, 3.05) is 5.73 Å². The van der Waals surface area contributed by atoms with Crippen molar-refractivity contribution in [2.45, 2.75) is 20.4 Å². The summed E-state index contributed by atoms with van der Waals surface area (Å²) in [5, 5.41) is 3.04. The van der Waals surface area contributed by atoms with E-state index in [1.807, 2.05) is 36.7 Å². The van der Waals surface area contributed by atoms with Gasteiger partial charge in [0, 0.05) is 23.5 Å². The van der Waals surface area contributed by atoms with Gasteiger partial charge >= 0.3 is 0 Å². The molecular formula is C15H15N3OS. The van der Waals surface area contributed by atoms with Crippen molar-refractivity contribution in [3.05, 3.63) is 45.6 Å². The third kappa shape index (κ3) is 2.00. The van der Waals surface area contributed by atoms with Crippen LogP contribution in [0.5, 0.6) is 0 Å². The number of nitrogen functional groups attached to an aromatic ring is 1. The van der Waals surface area contributed by atoms with Crippen LogP contribution in [0.3, 0.4) is 0 Å². The lowest BCUT2D eigenvalue weighted by Crippen LogP contribution is -2.12. The van der Waals surface area contributed by atoms with E-state index in [0.29, 0.717) is 16.4 Å². The quantitative estimate of drug-likeness (QED) is 0.787. The molecule has 2 aromatic heterocycles. The first-order chi connectivity index (χ1) is 9.60.